The second kappa shape index (κ2) is 10.5. The van der Waals surface area contributed by atoms with Crippen LogP contribution >= 0.6 is 27.5 Å². The Bertz CT molecular complexity index is 1520. The molecule has 0 bridgehead atoms. The highest BCUT2D eigenvalue weighted by molar-refractivity contribution is 9.10. The first kappa shape index (κ1) is 26.4. The predicted octanol–water partition coefficient (Wildman–Crippen LogP) is 6.52. The Morgan fingerprint density at radius 1 is 1.26 bits per heavy atom. The Morgan fingerprint density at radius 3 is 2.76 bits per heavy atom. The summed E-state index contributed by atoms with van der Waals surface area (Å²) < 4.78 is 29.2. The van der Waals surface area contributed by atoms with Crippen LogP contribution in [0.1, 0.15) is 38.7 Å². The van der Waals surface area contributed by atoms with Gasteiger partial charge in [-0.3, -0.25) is 4.79 Å². The Morgan fingerprint density at radius 2 is 2.05 bits per heavy atom. The minimum Gasteiger partial charge on any atom is -0.494 e. The van der Waals surface area contributed by atoms with Crippen LogP contribution in [0, 0.1) is 11.7 Å². The van der Waals surface area contributed by atoms with Gasteiger partial charge >= 0.3 is 5.97 Å². The number of halogens is 3. The molecule has 11 heteroatoms. The quantitative estimate of drug-likeness (QED) is 0.220. The van der Waals surface area contributed by atoms with E-state index in [1.165, 1.54) is 12.4 Å². The molecule has 5 rings (SSSR count). The minimum atomic E-state index is -0.870. The fourth-order valence-electron chi connectivity index (χ4n) is 3.94. The molecule has 0 saturated heterocycles. The average molecular weight is 604 g/mol. The lowest BCUT2D eigenvalue weighted by molar-refractivity contribution is -0.141. The van der Waals surface area contributed by atoms with Gasteiger partial charge in [-0.25, -0.2) is 14.4 Å². The number of carboxylic acids is 1. The van der Waals surface area contributed by atoms with Crippen LogP contribution in [0.4, 0.5) is 4.39 Å². The number of nitrogens with zero attached hydrogens (tertiary/aromatic N) is 4. The fourth-order valence-corrected chi connectivity index (χ4v) is 4.60. The lowest BCUT2D eigenvalue weighted by Crippen LogP contribution is -2.13. The molecule has 0 aliphatic heterocycles. The van der Waals surface area contributed by atoms with Crippen molar-refractivity contribution in [1.82, 2.24) is 19.5 Å². The molecule has 0 radical (unpaired) electrons. The van der Waals surface area contributed by atoms with Gasteiger partial charge in [0, 0.05) is 15.6 Å². The zero-order chi connectivity index (χ0) is 27.0. The van der Waals surface area contributed by atoms with E-state index in [0.29, 0.717) is 51.2 Å². The SMILES string of the molecule is CC(CCOc1ccc(-c2nc3c(OC4(C)CC4)ncnc3n2Cc2cc(Br)ccc2F)c(Cl)c1)C(=O)O. The third-order valence-corrected chi connectivity index (χ3v) is 7.36. The molecule has 0 amide bonds. The second-order valence-corrected chi connectivity index (χ2v) is 11.0. The van der Waals surface area contributed by atoms with Crippen LogP contribution in [-0.2, 0) is 11.3 Å². The smallest absolute Gasteiger partial charge is 0.306 e. The first-order valence-electron chi connectivity index (χ1n) is 12.1. The highest BCUT2D eigenvalue weighted by Gasteiger charge is 2.41. The molecule has 2 aromatic heterocycles. The van der Waals surface area contributed by atoms with Crippen molar-refractivity contribution >= 4 is 44.7 Å². The third-order valence-electron chi connectivity index (χ3n) is 6.55. The van der Waals surface area contributed by atoms with Crippen LogP contribution in [0.15, 0.2) is 47.2 Å². The number of hydrogen-bond donors (Lipinski definition) is 1. The molecule has 1 fully saturated rings. The molecule has 1 unspecified atom stereocenters. The summed E-state index contributed by atoms with van der Waals surface area (Å²) in [6.45, 7) is 4.03. The van der Waals surface area contributed by atoms with Crippen LogP contribution in [0.25, 0.3) is 22.6 Å². The molecule has 2 heterocycles. The molecule has 1 N–H and O–H groups in total. The van der Waals surface area contributed by atoms with Crippen LogP contribution in [0.2, 0.25) is 5.02 Å². The summed E-state index contributed by atoms with van der Waals surface area (Å²) in [7, 11) is 0. The molecule has 1 saturated carbocycles. The number of aromatic nitrogens is 4. The zero-order valence-corrected chi connectivity index (χ0v) is 23.1. The summed E-state index contributed by atoms with van der Waals surface area (Å²) in [5.41, 5.74) is 1.71. The molecule has 8 nitrogen and oxygen atoms in total. The third kappa shape index (κ3) is 5.61. The first-order chi connectivity index (χ1) is 18.1. The van der Waals surface area contributed by atoms with E-state index < -0.39 is 11.9 Å². The van der Waals surface area contributed by atoms with E-state index in [1.54, 1.807) is 41.8 Å². The summed E-state index contributed by atoms with van der Waals surface area (Å²) in [5, 5.41) is 9.43. The van der Waals surface area contributed by atoms with Crippen LogP contribution < -0.4 is 9.47 Å². The fraction of sp³-hybridized carbons (Fsp3) is 0.333. The summed E-state index contributed by atoms with van der Waals surface area (Å²) in [5.74, 6) is -0.400. The minimum absolute atomic E-state index is 0.145. The number of ether oxygens (including phenoxy) is 2. The number of rotatable bonds is 10. The zero-order valence-electron chi connectivity index (χ0n) is 20.7. The lowest BCUT2D eigenvalue weighted by atomic mass is 10.1. The molecule has 1 atom stereocenters. The van der Waals surface area contributed by atoms with Crippen molar-refractivity contribution in [3.8, 4) is 23.0 Å². The van der Waals surface area contributed by atoms with Gasteiger partial charge in [0.2, 0.25) is 5.88 Å². The number of carbonyl (C=O) groups is 1. The van der Waals surface area contributed by atoms with Gasteiger partial charge in [-0.2, -0.15) is 4.98 Å². The van der Waals surface area contributed by atoms with Gasteiger partial charge < -0.3 is 19.1 Å². The van der Waals surface area contributed by atoms with E-state index in [2.05, 4.69) is 25.9 Å². The van der Waals surface area contributed by atoms with Crippen LogP contribution in [0.5, 0.6) is 11.6 Å². The molecule has 2 aromatic carbocycles. The van der Waals surface area contributed by atoms with Gasteiger partial charge in [-0.1, -0.05) is 34.5 Å². The second-order valence-electron chi connectivity index (χ2n) is 9.68. The van der Waals surface area contributed by atoms with E-state index in [-0.39, 0.29) is 24.6 Å². The number of imidazole rings is 1. The van der Waals surface area contributed by atoms with Gasteiger partial charge in [-0.15, -0.1) is 0 Å². The molecular weight excluding hydrogens is 579 g/mol. The van der Waals surface area contributed by atoms with Crippen molar-refractivity contribution in [2.75, 3.05) is 6.61 Å². The van der Waals surface area contributed by atoms with Crippen LogP contribution in [0.3, 0.4) is 0 Å². The summed E-state index contributed by atoms with van der Waals surface area (Å²) in [4.78, 5) is 24.7. The highest BCUT2D eigenvalue weighted by Crippen LogP contribution is 2.41. The predicted molar refractivity (Wildman–Crippen MR) is 144 cm³/mol. The molecular formula is C27H25BrClFN4O4. The summed E-state index contributed by atoms with van der Waals surface area (Å²) in [6.07, 6.45) is 3.63. The Kier molecular flexibility index (Phi) is 7.28. The van der Waals surface area contributed by atoms with E-state index in [9.17, 15) is 9.18 Å². The van der Waals surface area contributed by atoms with Gasteiger partial charge in [0.25, 0.3) is 0 Å². The maximum Gasteiger partial charge on any atom is 0.306 e. The maximum absolute atomic E-state index is 14.8. The lowest BCUT2D eigenvalue weighted by Gasteiger charge is -2.13. The van der Waals surface area contributed by atoms with E-state index in [0.717, 1.165) is 17.3 Å². The molecule has 4 aromatic rings. The normalized spacial score (nSPS) is 14.9. The van der Waals surface area contributed by atoms with Crippen molar-refractivity contribution in [3.63, 3.8) is 0 Å². The monoisotopic (exact) mass is 602 g/mol. The van der Waals surface area contributed by atoms with Gasteiger partial charge in [0.05, 0.1) is 24.1 Å². The number of fused-ring (bicyclic) bond motifs is 1. The number of carboxylic acid groups (broad SMARTS) is 1. The highest BCUT2D eigenvalue weighted by atomic mass is 79.9. The number of aliphatic carboxylic acids is 1. The van der Waals surface area contributed by atoms with Crippen LogP contribution in [-0.4, -0.2) is 42.8 Å². The molecule has 1 aliphatic carbocycles. The first-order valence-corrected chi connectivity index (χ1v) is 13.3. The Hall–Kier alpha value is -3.24. The largest absolute Gasteiger partial charge is 0.494 e. The molecule has 198 valence electrons. The van der Waals surface area contributed by atoms with Crippen molar-refractivity contribution < 1.29 is 23.8 Å². The summed E-state index contributed by atoms with van der Waals surface area (Å²) >= 11 is 10.1. The molecule has 38 heavy (non-hydrogen) atoms. The van der Waals surface area contributed by atoms with Crippen molar-refractivity contribution in [2.24, 2.45) is 5.92 Å². The van der Waals surface area contributed by atoms with E-state index in [1.807, 2.05) is 6.92 Å². The topological polar surface area (TPSA) is 99.4 Å². The standard InChI is InChI=1S/C27H25BrClFN4O4/c1-15(26(35)36)7-10-37-18-4-5-19(20(29)12-18)23-33-22-24(31-14-32-25(22)38-27(2)8-9-27)34(23)13-16-11-17(28)3-6-21(16)30/h3-6,11-12,14-15H,7-10,13H2,1-2H3,(H,35,36). The number of hydrogen-bond acceptors (Lipinski definition) is 6. The number of benzene rings is 2. The average Bonchev–Trinajstić information content (AvgIpc) is 3.49. The van der Waals surface area contributed by atoms with E-state index >= 15 is 0 Å². The van der Waals surface area contributed by atoms with Crippen molar-refractivity contribution in [3.05, 3.63) is 63.6 Å². The maximum atomic E-state index is 14.8. The van der Waals surface area contributed by atoms with Gasteiger partial charge in [0.1, 0.15) is 29.3 Å². The van der Waals surface area contributed by atoms with Gasteiger partial charge in [-0.05, 0) is 62.6 Å². The molecule has 1 aliphatic rings. The van der Waals surface area contributed by atoms with Gasteiger partial charge in [0.15, 0.2) is 11.2 Å². The Labute approximate surface area is 231 Å². The Balaban J connectivity index is 1.54. The molecule has 0 spiro atoms. The summed E-state index contributed by atoms with van der Waals surface area (Å²) in [6, 6.07) is 9.92. The van der Waals surface area contributed by atoms with Crippen molar-refractivity contribution in [2.45, 2.75) is 45.3 Å². The van der Waals surface area contributed by atoms with E-state index in [4.69, 9.17) is 31.2 Å². The van der Waals surface area contributed by atoms with Crippen molar-refractivity contribution in [1.29, 1.82) is 0 Å².